The van der Waals surface area contributed by atoms with E-state index in [4.69, 9.17) is 14.7 Å². The fourth-order valence-electron chi connectivity index (χ4n) is 6.97. The Bertz CT molecular complexity index is 1890. The molecule has 2 aromatic carbocycles. The van der Waals surface area contributed by atoms with E-state index in [1.54, 1.807) is 35.4 Å². The van der Waals surface area contributed by atoms with E-state index in [-0.39, 0.29) is 29.1 Å². The molecule has 5 heterocycles. The maximum atomic E-state index is 16.2. The van der Waals surface area contributed by atoms with Gasteiger partial charge >= 0.3 is 12.1 Å². The number of benzene rings is 2. The summed E-state index contributed by atoms with van der Waals surface area (Å²) in [6, 6.07) is 10.9. The molecule has 0 saturated carbocycles. The number of nitrogens with zero attached hydrogens (tertiary/aromatic N) is 7. The van der Waals surface area contributed by atoms with Gasteiger partial charge in [-0.1, -0.05) is 31.2 Å². The van der Waals surface area contributed by atoms with Crippen molar-refractivity contribution < 1.29 is 27.4 Å². The van der Waals surface area contributed by atoms with Crippen LogP contribution in [0, 0.1) is 23.0 Å². The normalized spacial score (nSPS) is 18.7. The molecule has 0 N–H and O–H groups in total. The maximum Gasteiger partial charge on any atom is 0.410 e. The van der Waals surface area contributed by atoms with Gasteiger partial charge in [-0.05, 0) is 75.4 Å². The Hall–Kier alpha value is -4.70. The zero-order chi connectivity index (χ0) is 36.9. The van der Waals surface area contributed by atoms with Crippen LogP contribution >= 0.6 is 0 Å². The molecule has 51 heavy (non-hydrogen) atoms. The van der Waals surface area contributed by atoms with E-state index in [1.807, 2.05) is 38.7 Å². The third kappa shape index (κ3) is 8.44. The summed E-state index contributed by atoms with van der Waals surface area (Å²) >= 11 is 0. The number of carbonyl (C=O) groups excluding carboxylic acids is 1. The molecule has 2 atom stereocenters. The minimum atomic E-state index is -0.638. The molecular formula is C38H46F3N7O3. The maximum absolute atomic E-state index is 16.2. The zero-order valence-corrected chi connectivity index (χ0v) is 30.2. The summed E-state index contributed by atoms with van der Waals surface area (Å²) in [6.45, 7) is 12.4. The lowest BCUT2D eigenvalue weighted by Crippen LogP contribution is -2.50. The van der Waals surface area contributed by atoms with Gasteiger partial charge < -0.3 is 19.3 Å². The Morgan fingerprint density at radius 3 is 2.45 bits per heavy atom. The third-order valence-corrected chi connectivity index (χ3v) is 9.22. The molecule has 3 saturated heterocycles. The number of aryl methyl sites for hydroxylation is 1. The van der Waals surface area contributed by atoms with Gasteiger partial charge in [0.2, 0.25) is 0 Å². The summed E-state index contributed by atoms with van der Waals surface area (Å²) in [5.41, 5.74) is 0.554. The van der Waals surface area contributed by atoms with Crippen molar-refractivity contribution in [2.24, 2.45) is 0 Å². The number of piperazine rings is 1. The van der Waals surface area contributed by atoms with E-state index in [2.05, 4.69) is 19.9 Å². The molecule has 3 aliphatic heterocycles. The van der Waals surface area contributed by atoms with Crippen molar-refractivity contribution >= 4 is 33.6 Å². The Labute approximate surface area is 297 Å². The Balaban J connectivity index is 0.000000354. The van der Waals surface area contributed by atoms with Crippen LogP contribution < -0.4 is 9.64 Å². The predicted molar refractivity (Wildman–Crippen MR) is 192 cm³/mol. The molecule has 1 amide bonds. The highest BCUT2D eigenvalue weighted by atomic mass is 19.1. The van der Waals surface area contributed by atoms with E-state index in [1.165, 1.54) is 32.9 Å². The van der Waals surface area contributed by atoms with E-state index >= 15 is 4.39 Å². The number of aromatic nitrogens is 3. The van der Waals surface area contributed by atoms with Crippen molar-refractivity contribution in [1.82, 2.24) is 24.8 Å². The molecular weight excluding hydrogens is 659 g/mol. The van der Waals surface area contributed by atoms with E-state index in [0.29, 0.717) is 72.9 Å². The van der Waals surface area contributed by atoms with Gasteiger partial charge in [-0.2, -0.15) is 15.2 Å². The Morgan fingerprint density at radius 2 is 1.80 bits per heavy atom. The van der Waals surface area contributed by atoms with Gasteiger partial charge in [0.25, 0.3) is 0 Å². The second-order valence-electron chi connectivity index (χ2n) is 13.8. The quantitative estimate of drug-likeness (QED) is 0.214. The third-order valence-electron chi connectivity index (χ3n) is 9.22. The molecule has 10 nitrogen and oxygen atoms in total. The van der Waals surface area contributed by atoms with Crippen molar-refractivity contribution in [2.75, 3.05) is 51.3 Å². The summed E-state index contributed by atoms with van der Waals surface area (Å²) in [6.07, 6.45) is 4.44. The highest BCUT2D eigenvalue weighted by Crippen LogP contribution is 2.37. The number of halogens is 3. The molecule has 2 unspecified atom stereocenters. The number of ether oxygens (including phenoxy) is 2. The lowest BCUT2D eigenvalue weighted by Gasteiger charge is -2.36. The van der Waals surface area contributed by atoms with Crippen molar-refractivity contribution in [1.29, 1.82) is 5.26 Å². The van der Waals surface area contributed by atoms with E-state index in [0.717, 1.165) is 18.4 Å². The molecule has 2 aromatic heterocycles. The molecule has 3 fully saturated rings. The van der Waals surface area contributed by atoms with Crippen LogP contribution in [-0.2, 0) is 11.2 Å². The van der Waals surface area contributed by atoms with Crippen LogP contribution in [0.2, 0.25) is 0 Å². The Kier molecular flexibility index (Phi) is 11.9. The van der Waals surface area contributed by atoms with Crippen molar-refractivity contribution in [3.05, 3.63) is 53.7 Å². The van der Waals surface area contributed by atoms with Gasteiger partial charge in [0.15, 0.2) is 5.82 Å². The largest absolute Gasteiger partial charge is 0.467 e. The van der Waals surface area contributed by atoms with Gasteiger partial charge in [0.05, 0.1) is 18.6 Å². The number of nitriles is 1. The van der Waals surface area contributed by atoms with Crippen molar-refractivity contribution in [3.8, 4) is 23.3 Å². The van der Waals surface area contributed by atoms with Crippen molar-refractivity contribution in [3.63, 3.8) is 0 Å². The number of hydrogen-bond donors (Lipinski definition) is 0. The number of fused-ring (bicyclic) bond motifs is 3. The zero-order valence-electron chi connectivity index (χ0n) is 30.2. The Morgan fingerprint density at radius 1 is 1.08 bits per heavy atom. The number of methoxy groups -OCH3 is 1. The fourth-order valence-corrected chi connectivity index (χ4v) is 6.97. The van der Waals surface area contributed by atoms with Crippen LogP contribution in [0.5, 0.6) is 6.01 Å². The lowest BCUT2D eigenvalue weighted by molar-refractivity contribution is 0.0240. The van der Waals surface area contributed by atoms with Crippen LogP contribution in [0.25, 0.3) is 32.9 Å². The molecule has 13 heteroatoms. The molecule has 4 aromatic rings. The standard InChI is InChI=1S/C29H31F2N5O3.C7H12FN.C2H3N/c1-6-18-21(30)11-10-17-8-7-9-19(22(17)18)24-23(31)25-20(16-32-24)26(34-27(33-25)38-5)35-12-14-36(15-13-35)28(37)39-29(2,3)4;8-6-4-7-2-1-3-9(7)5-6;1-2-3/h7-11,16H,6,12-15H2,1-5H3;6-7H,1-5H2;1H3. The van der Waals surface area contributed by atoms with Crippen LogP contribution in [-0.4, -0.2) is 95.0 Å². The first-order valence-corrected chi connectivity index (χ1v) is 17.4. The van der Waals surface area contributed by atoms with Gasteiger partial charge in [-0.3, -0.25) is 9.88 Å². The lowest BCUT2D eigenvalue weighted by atomic mass is 9.95. The minimum absolute atomic E-state index is 0.0151. The fraction of sp³-hybridized carbons (Fsp3) is 0.500. The number of rotatable bonds is 4. The number of carbonyl (C=O) groups is 1. The van der Waals surface area contributed by atoms with Gasteiger partial charge in [0.1, 0.15) is 34.6 Å². The molecule has 0 bridgehead atoms. The van der Waals surface area contributed by atoms with Crippen LogP contribution in [0.3, 0.4) is 0 Å². The number of alkyl halides is 1. The summed E-state index contributed by atoms with van der Waals surface area (Å²) in [7, 11) is 1.42. The first-order chi connectivity index (χ1) is 24.4. The number of hydrogen-bond acceptors (Lipinski definition) is 9. The first-order valence-electron chi connectivity index (χ1n) is 17.4. The van der Waals surface area contributed by atoms with Crippen LogP contribution in [0.15, 0.2) is 36.5 Å². The highest BCUT2D eigenvalue weighted by Gasteiger charge is 2.35. The average molecular weight is 706 g/mol. The molecule has 0 aliphatic carbocycles. The number of amides is 1. The van der Waals surface area contributed by atoms with Crippen LogP contribution in [0.1, 0.15) is 59.4 Å². The second-order valence-corrected chi connectivity index (χ2v) is 13.8. The average Bonchev–Trinajstić information content (AvgIpc) is 3.69. The molecule has 7 rings (SSSR count). The summed E-state index contributed by atoms with van der Waals surface area (Å²) in [5, 5.41) is 9.17. The highest BCUT2D eigenvalue weighted by molar-refractivity contribution is 6.00. The van der Waals surface area contributed by atoms with E-state index < -0.39 is 17.6 Å². The predicted octanol–water partition coefficient (Wildman–Crippen LogP) is 7.47. The SMILES string of the molecule is CC#N.CCc1c(F)ccc2cccc(-c3ncc4c(N5CCN(C(=O)OC(C)(C)C)CC5)nc(OC)nc4c3F)c12.FC1CC2CCCN2C1. The molecule has 3 aliphatic rings. The number of anilines is 1. The van der Waals surface area contributed by atoms with Crippen molar-refractivity contribution in [2.45, 2.75) is 78.1 Å². The topological polar surface area (TPSA) is 108 Å². The summed E-state index contributed by atoms with van der Waals surface area (Å²) in [4.78, 5) is 31.7. The minimum Gasteiger partial charge on any atom is -0.467 e. The van der Waals surface area contributed by atoms with Crippen LogP contribution in [0.4, 0.5) is 23.8 Å². The molecule has 0 spiro atoms. The second kappa shape index (κ2) is 16.1. The van der Waals surface area contributed by atoms with E-state index in [9.17, 15) is 13.6 Å². The summed E-state index contributed by atoms with van der Waals surface area (Å²) in [5.74, 6) is -0.507. The monoisotopic (exact) mass is 705 g/mol. The first kappa shape index (κ1) is 37.6. The van der Waals surface area contributed by atoms with Gasteiger partial charge in [0, 0.05) is 57.4 Å². The van der Waals surface area contributed by atoms with Gasteiger partial charge in [-0.15, -0.1) is 0 Å². The van der Waals surface area contributed by atoms with Gasteiger partial charge in [-0.25, -0.2) is 18.0 Å². The molecule has 272 valence electrons. The smallest absolute Gasteiger partial charge is 0.410 e. The summed E-state index contributed by atoms with van der Waals surface area (Å²) < 4.78 is 54.3. The molecule has 0 radical (unpaired) electrons. The number of pyridine rings is 1.